The van der Waals surface area contributed by atoms with Crippen LogP contribution < -0.4 is 5.32 Å². The van der Waals surface area contributed by atoms with Crippen molar-refractivity contribution in [2.24, 2.45) is 0 Å². The maximum atomic E-state index is 13.1. The lowest BCUT2D eigenvalue weighted by molar-refractivity contribution is -0.383. The van der Waals surface area contributed by atoms with Crippen molar-refractivity contribution in [3.63, 3.8) is 0 Å². The SMILES string of the molecule is CN(CC(=O)Nc1ccccc1[N+](=O)[O-])Cc1cccc(F)c1. The summed E-state index contributed by atoms with van der Waals surface area (Å²) in [6, 6.07) is 12.1. The second-order valence-corrected chi connectivity index (χ2v) is 5.12. The van der Waals surface area contributed by atoms with Gasteiger partial charge < -0.3 is 5.32 Å². The largest absolute Gasteiger partial charge is 0.319 e. The third kappa shape index (κ3) is 4.86. The van der Waals surface area contributed by atoms with Gasteiger partial charge in [-0.2, -0.15) is 0 Å². The van der Waals surface area contributed by atoms with E-state index in [-0.39, 0.29) is 29.6 Å². The van der Waals surface area contributed by atoms with Crippen LogP contribution >= 0.6 is 0 Å². The average molecular weight is 317 g/mol. The molecule has 0 fully saturated rings. The molecule has 0 spiro atoms. The third-order valence-corrected chi connectivity index (χ3v) is 3.13. The summed E-state index contributed by atoms with van der Waals surface area (Å²) >= 11 is 0. The Morgan fingerprint density at radius 1 is 1.26 bits per heavy atom. The van der Waals surface area contributed by atoms with Crippen LogP contribution in [0.15, 0.2) is 48.5 Å². The lowest BCUT2D eigenvalue weighted by Crippen LogP contribution is -2.30. The van der Waals surface area contributed by atoms with E-state index in [0.717, 1.165) is 5.56 Å². The summed E-state index contributed by atoms with van der Waals surface area (Å²) in [4.78, 5) is 24.1. The van der Waals surface area contributed by atoms with E-state index in [9.17, 15) is 19.3 Å². The number of amides is 1. The first-order valence-corrected chi connectivity index (χ1v) is 6.92. The molecule has 1 N–H and O–H groups in total. The predicted octanol–water partition coefficient (Wildman–Crippen LogP) is 2.80. The summed E-state index contributed by atoms with van der Waals surface area (Å²) < 4.78 is 13.1. The quantitative estimate of drug-likeness (QED) is 0.656. The molecule has 0 atom stereocenters. The Morgan fingerprint density at radius 2 is 2.00 bits per heavy atom. The van der Waals surface area contributed by atoms with E-state index >= 15 is 0 Å². The van der Waals surface area contributed by atoms with Crippen LogP contribution in [0.1, 0.15) is 5.56 Å². The van der Waals surface area contributed by atoms with Crippen molar-refractivity contribution in [1.29, 1.82) is 0 Å². The van der Waals surface area contributed by atoms with E-state index < -0.39 is 4.92 Å². The highest BCUT2D eigenvalue weighted by molar-refractivity contribution is 5.94. The monoisotopic (exact) mass is 317 g/mol. The molecule has 23 heavy (non-hydrogen) atoms. The van der Waals surface area contributed by atoms with Crippen LogP contribution in [0.2, 0.25) is 0 Å². The highest BCUT2D eigenvalue weighted by Gasteiger charge is 2.15. The van der Waals surface area contributed by atoms with E-state index in [0.29, 0.717) is 6.54 Å². The molecule has 1 amide bonds. The molecule has 0 radical (unpaired) electrons. The summed E-state index contributed by atoms with van der Waals surface area (Å²) in [5.41, 5.74) is 0.737. The van der Waals surface area contributed by atoms with Gasteiger partial charge >= 0.3 is 0 Å². The van der Waals surface area contributed by atoms with Crippen molar-refractivity contribution in [2.45, 2.75) is 6.54 Å². The summed E-state index contributed by atoms with van der Waals surface area (Å²) in [6.45, 7) is 0.421. The zero-order valence-electron chi connectivity index (χ0n) is 12.5. The van der Waals surface area contributed by atoms with E-state index in [1.165, 1.54) is 30.3 Å². The molecule has 0 bridgehead atoms. The van der Waals surface area contributed by atoms with Crippen LogP contribution in [-0.4, -0.2) is 29.3 Å². The van der Waals surface area contributed by atoms with Gasteiger partial charge in [-0.15, -0.1) is 0 Å². The number of hydrogen-bond donors (Lipinski definition) is 1. The Balaban J connectivity index is 1.96. The third-order valence-electron chi connectivity index (χ3n) is 3.13. The maximum absolute atomic E-state index is 13.1. The number of anilines is 1. The van der Waals surface area contributed by atoms with Gasteiger partial charge in [0.1, 0.15) is 11.5 Å². The normalized spacial score (nSPS) is 10.6. The zero-order valence-corrected chi connectivity index (χ0v) is 12.5. The molecule has 0 aliphatic carbocycles. The predicted molar refractivity (Wildman–Crippen MR) is 84.5 cm³/mol. The molecule has 120 valence electrons. The minimum absolute atomic E-state index is 0.0303. The number of halogens is 1. The minimum atomic E-state index is -0.550. The molecule has 0 aliphatic rings. The van der Waals surface area contributed by atoms with Gasteiger partial charge in [0.2, 0.25) is 5.91 Å². The van der Waals surface area contributed by atoms with Crippen LogP contribution in [0, 0.1) is 15.9 Å². The molecule has 0 saturated carbocycles. The lowest BCUT2D eigenvalue weighted by Gasteiger charge is -2.16. The first-order valence-electron chi connectivity index (χ1n) is 6.92. The Morgan fingerprint density at radius 3 is 2.70 bits per heavy atom. The highest BCUT2D eigenvalue weighted by atomic mass is 19.1. The molecule has 2 aromatic rings. The first-order chi connectivity index (χ1) is 11.0. The number of rotatable bonds is 6. The number of likely N-dealkylation sites (N-methyl/N-ethyl adjacent to an activating group) is 1. The van der Waals surface area contributed by atoms with Crippen molar-refractivity contribution in [2.75, 3.05) is 18.9 Å². The van der Waals surface area contributed by atoms with E-state index in [1.807, 2.05) is 0 Å². The molecular weight excluding hydrogens is 301 g/mol. The number of carbonyl (C=O) groups excluding carboxylic acids is 1. The molecule has 6 nitrogen and oxygen atoms in total. The molecule has 0 aromatic heterocycles. The number of nitro groups is 1. The molecule has 2 aromatic carbocycles. The fourth-order valence-electron chi connectivity index (χ4n) is 2.18. The number of hydrogen-bond acceptors (Lipinski definition) is 4. The molecule has 2 rings (SSSR count). The second-order valence-electron chi connectivity index (χ2n) is 5.12. The van der Waals surface area contributed by atoms with Gasteiger partial charge in [-0.3, -0.25) is 19.8 Å². The molecule has 0 heterocycles. The maximum Gasteiger partial charge on any atom is 0.292 e. The van der Waals surface area contributed by atoms with E-state index in [4.69, 9.17) is 0 Å². The molecule has 0 saturated heterocycles. The van der Waals surface area contributed by atoms with Crippen molar-refractivity contribution in [3.05, 3.63) is 70.0 Å². The molecule has 0 unspecified atom stereocenters. The lowest BCUT2D eigenvalue weighted by atomic mass is 10.2. The highest BCUT2D eigenvalue weighted by Crippen LogP contribution is 2.23. The molecule has 7 heteroatoms. The van der Waals surface area contributed by atoms with Gasteiger partial charge in [-0.25, -0.2) is 4.39 Å². The number of benzene rings is 2. The summed E-state index contributed by atoms with van der Waals surface area (Å²) in [5.74, 6) is -0.710. The van der Waals surface area contributed by atoms with E-state index in [2.05, 4.69) is 5.32 Å². The van der Waals surface area contributed by atoms with Gasteiger partial charge in [-0.05, 0) is 30.8 Å². The Bertz CT molecular complexity index is 721. The van der Waals surface area contributed by atoms with Crippen LogP contribution in [-0.2, 0) is 11.3 Å². The fraction of sp³-hybridized carbons (Fsp3) is 0.188. The van der Waals surface area contributed by atoms with Gasteiger partial charge in [0.05, 0.1) is 11.5 Å². The second kappa shape index (κ2) is 7.46. The van der Waals surface area contributed by atoms with Crippen molar-refractivity contribution >= 4 is 17.3 Å². The van der Waals surface area contributed by atoms with Gasteiger partial charge in [-0.1, -0.05) is 24.3 Å². The number of para-hydroxylation sites is 2. The Hall–Kier alpha value is -2.80. The summed E-state index contributed by atoms with van der Waals surface area (Å²) in [6.07, 6.45) is 0. The van der Waals surface area contributed by atoms with Crippen LogP contribution in [0.25, 0.3) is 0 Å². The zero-order chi connectivity index (χ0) is 16.8. The van der Waals surface area contributed by atoms with Crippen molar-refractivity contribution in [1.82, 2.24) is 4.90 Å². The van der Waals surface area contributed by atoms with Crippen molar-refractivity contribution in [3.8, 4) is 0 Å². The summed E-state index contributed by atoms with van der Waals surface area (Å²) in [7, 11) is 1.71. The van der Waals surface area contributed by atoms with Gasteiger partial charge in [0, 0.05) is 12.6 Å². The minimum Gasteiger partial charge on any atom is -0.319 e. The van der Waals surface area contributed by atoms with E-state index in [1.54, 1.807) is 30.1 Å². The number of nitrogens with one attached hydrogen (secondary N) is 1. The standard InChI is InChI=1S/C16H16FN3O3/c1-19(10-12-5-4-6-13(17)9-12)11-16(21)18-14-7-2-3-8-15(14)20(22)23/h2-9H,10-11H2,1H3,(H,18,21). The van der Waals surface area contributed by atoms with Crippen LogP contribution in [0.4, 0.5) is 15.8 Å². The first kappa shape index (κ1) is 16.6. The average Bonchev–Trinajstić information content (AvgIpc) is 2.47. The smallest absolute Gasteiger partial charge is 0.292 e. The van der Waals surface area contributed by atoms with Crippen LogP contribution in [0.3, 0.4) is 0 Å². The fourth-order valence-corrected chi connectivity index (χ4v) is 2.18. The van der Waals surface area contributed by atoms with Gasteiger partial charge in [0.25, 0.3) is 5.69 Å². The van der Waals surface area contributed by atoms with Gasteiger partial charge in [0.15, 0.2) is 0 Å². The number of nitro benzene ring substituents is 1. The molecular formula is C16H16FN3O3. The van der Waals surface area contributed by atoms with Crippen molar-refractivity contribution < 1.29 is 14.1 Å². The van der Waals surface area contributed by atoms with Crippen LogP contribution in [0.5, 0.6) is 0 Å². The molecule has 0 aliphatic heterocycles. The number of carbonyl (C=O) groups is 1. The summed E-state index contributed by atoms with van der Waals surface area (Å²) in [5, 5.41) is 13.4. The topological polar surface area (TPSA) is 75.5 Å². The Kier molecular flexibility index (Phi) is 5.37. The Labute approximate surface area is 132 Å². The number of nitrogens with zero attached hydrogens (tertiary/aromatic N) is 2.